The Hall–Kier alpha value is -4.15. The van der Waals surface area contributed by atoms with Crippen LogP contribution < -0.4 is 15.7 Å². The second-order valence-electron chi connectivity index (χ2n) is 7.81. The van der Waals surface area contributed by atoms with E-state index in [2.05, 4.69) is 20.8 Å². The van der Waals surface area contributed by atoms with Crippen molar-refractivity contribution >= 4 is 35.5 Å². The molecule has 13 heteroatoms. The van der Waals surface area contributed by atoms with E-state index in [-0.39, 0.29) is 48.4 Å². The molecule has 0 unspecified atom stereocenters. The maximum absolute atomic E-state index is 14.9. The van der Waals surface area contributed by atoms with E-state index in [1.54, 1.807) is 17.0 Å². The van der Waals surface area contributed by atoms with Crippen LogP contribution in [-0.4, -0.2) is 66.5 Å². The van der Waals surface area contributed by atoms with Gasteiger partial charge in [-0.3, -0.25) is 30.1 Å². The summed E-state index contributed by atoms with van der Waals surface area (Å²) >= 11 is 0. The molecule has 35 heavy (non-hydrogen) atoms. The van der Waals surface area contributed by atoms with E-state index in [4.69, 9.17) is 14.8 Å². The lowest BCUT2D eigenvalue weighted by atomic mass is 10.0. The molecule has 0 radical (unpaired) electrons. The third-order valence-electron chi connectivity index (χ3n) is 5.65. The lowest BCUT2D eigenvalue weighted by Gasteiger charge is -2.31. The van der Waals surface area contributed by atoms with Gasteiger partial charge in [0.15, 0.2) is 17.9 Å². The monoisotopic (exact) mass is 483 g/mol. The topological polar surface area (TPSA) is 150 Å². The normalized spacial score (nSPS) is 15.3. The Labute approximate surface area is 199 Å². The average molecular weight is 483 g/mol. The van der Waals surface area contributed by atoms with E-state index in [9.17, 15) is 18.8 Å². The lowest BCUT2D eigenvalue weighted by molar-refractivity contribution is -0.143. The summed E-state index contributed by atoms with van der Waals surface area (Å²) in [5, 5.41) is 11.5. The number of morpholine rings is 1. The number of halogens is 1. The van der Waals surface area contributed by atoms with Gasteiger partial charge in [-0.2, -0.15) is 5.26 Å². The van der Waals surface area contributed by atoms with Gasteiger partial charge in [0.05, 0.1) is 19.3 Å². The number of hydrogen-bond donors (Lipinski definition) is 2. The lowest BCUT2D eigenvalue weighted by Crippen LogP contribution is -2.42. The standard InChI is InChI=1S/C22H22FN7O5/c1-34-28-19-15(8-24)9-25-20(18(19)23)27-22(33)30-4-2-3-13-7-14(16(11-31)26-21(13)30)10-29-5-6-35-12-17(29)32/h7,9,11H,2-6,10,12H2,1H3,(H2,25,27,28,33). The van der Waals surface area contributed by atoms with Crippen molar-refractivity contribution in [3.8, 4) is 6.07 Å². The zero-order chi connectivity index (χ0) is 24.9. The number of fused-ring (bicyclic) bond motifs is 1. The maximum atomic E-state index is 14.9. The number of aryl methyl sites for hydroxylation is 1. The van der Waals surface area contributed by atoms with Crippen LogP contribution in [0.4, 0.5) is 26.5 Å². The number of hydrogen-bond acceptors (Lipinski definition) is 9. The number of ether oxygens (including phenoxy) is 1. The number of pyridine rings is 2. The Kier molecular flexibility index (Phi) is 7.14. The predicted octanol–water partition coefficient (Wildman–Crippen LogP) is 1.62. The van der Waals surface area contributed by atoms with Crippen molar-refractivity contribution in [1.29, 1.82) is 5.26 Å². The maximum Gasteiger partial charge on any atom is 0.328 e. The quantitative estimate of drug-likeness (QED) is 0.461. The summed E-state index contributed by atoms with van der Waals surface area (Å²) in [6.45, 7) is 1.30. The fraction of sp³-hybridized carbons (Fsp3) is 0.364. The van der Waals surface area contributed by atoms with Crippen LogP contribution in [0.15, 0.2) is 12.3 Å². The highest BCUT2D eigenvalue weighted by molar-refractivity contribution is 6.02. The number of anilines is 3. The number of nitrogens with one attached hydrogen (secondary N) is 2. The Morgan fingerprint density at radius 2 is 2.26 bits per heavy atom. The highest BCUT2D eigenvalue weighted by Crippen LogP contribution is 2.30. The molecule has 182 valence electrons. The number of carbonyl (C=O) groups excluding carboxylic acids is 3. The van der Waals surface area contributed by atoms with E-state index in [1.807, 2.05) is 0 Å². The van der Waals surface area contributed by atoms with Crippen molar-refractivity contribution in [1.82, 2.24) is 14.9 Å². The van der Waals surface area contributed by atoms with E-state index in [0.29, 0.717) is 37.8 Å². The Bertz CT molecular complexity index is 1220. The molecule has 1 saturated heterocycles. The molecule has 2 aliphatic heterocycles. The molecule has 2 aliphatic rings. The molecule has 2 aromatic heterocycles. The van der Waals surface area contributed by atoms with Crippen LogP contribution in [0.1, 0.15) is 33.6 Å². The van der Waals surface area contributed by atoms with Crippen molar-refractivity contribution < 1.29 is 28.3 Å². The van der Waals surface area contributed by atoms with E-state index in [0.717, 1.165) is 11.8 Å². The van der Waals surface area contributed by atoms with Crippen molar-refractivity contribution in [3.63, 3.8) is 0 Å². The summed E-state index contributed by atoms with van der Waals surface area (Å²) in [6.07, 6.45) is 2.90. The smallest absolute Gasteiger partial charge is 0.328 e. The van der Waals surface area contributed by atoms with Gasteiger partial charge in [-0.1, -0.05) is 0 Å². The van der Waals surface area contributed by atoms with Gasteiger partial charge < -0.3 is 9.64 Å². The van der Waals surface area contributed by atoms with E-state index >= 15 is 0 Å². The first kappa shape index (κ1) is 24.0. The minimum atomic E-state index is -0.969. The van der Waals surface area contributed by atoms with Gasteiger partial charge in [-0.15, -0.1) is 0 Å². The molecule has 2 N–H and O–H groups in total. The van der Waals surface area contributed by atoms with Gasteiger partial charge in [0.2, 0.25) is 5.91 Å². The van der Waals surface area contributed by atoms with Crippen LogP contribution in [0.3, 0.4) is 0 Å². The van der Waals surface area contributed by atoms with Crippen LogP contribution >= 0.6 is 0 Å². The average Bonchev–Trinajstić information content (AvgIpc) is 2.87. The fourth-order valence-electron chi connectivity index (χ4n) is 3.94. The molecule has 0 aliphatic carbocycles. The molecule has 3 amide bonds. The van der Waals surface area contributed by atoms with Gasteiger partial charge in [-0.25, -0.2) is 19.2 Å². The zero-order valence-corrected chi connectivity index (χ0v) is 18.8. The largest absolute Gasteiger partial charge is 0.370 e. The molecule has 1 fully saturated rings. The Morgan fingerprint density at radius 3 is 2.97 bits per heavy atom. The highest BCUT2D eigenvalue weighted by atomic mass is 19.1. The fourth-order valence-corrected chi connectivity index (χ4v) is 3.94. The third-order valence-corrected chi connectivity index (χ3v) is 5.65. The van der Waals surface area contributed by atoms with Crippen molar-refractivity contribution in [2.75, 3.05) is 49.1 Å². The van der Waals surface area contributed by atoms with Crippen molar-refractivity contribution in [2.24, 2.45) is 0 Å². The highest BCUT2D eigenvalue weighted by Gasteiger charge is 2.28. The number of nitrogens with zero attached hydrogens (tertiary/aromatic N) is 5. The SMILES string of the molecule is CONc1c(C#N)cnc(NC(=O)N2CCCc3cc(CN4CCOCC4=O)c(C=O)nc32)c1F. The van der Waals surface area contributed by atoms with Gasteiger partial charge in [-0.05, 0) is 24.5 Å². The molecule has 0 saturated carbocycles. The number of carbonyl (C=O) groups is 3. The molecule has 0 atom stereocenters. The summed E-state index contributed by atoms with van der Waals surface area (Å²) in [6, 6.07) is 2.86. The summed E-state index contributed by atoms with van der Waals surface area (Å²) < 4.78 is 20.0. The summed E-state index contributed by atoms with van der Waals surface area (Å²) in [7, 11) is 1.25. The molecule has 4 rings (SSSR count). The predicted molar refractivity (Wildman–Crippen MR) is 120 cm³/mol. The number of urea groups is 1. The number of aldehydes is 1. The van der Waals surface area contributed by atoms with Crippen LogP contribution in [0.25, 0.3) is 0 Å². The minimum Gasteiger partial charge on any atom is -0.370 e. The zero-order valence-electron chi connectivity index (χ0n) is 18.8. The molecular formula is C22H22FN7O5. The van der Waals surface area contributed by atoms with Gasteiger partial charge in [0.25, 0.3) is 0 Å². The second kappa shape index (κ2) is 10.4. The van der Waals surface area contributed by atoms with Crippen molar-refractivity contribution in [3.05, 3.63) is 40.5 Å². The van der Waals surface area contributed by atoms with Crippen LogP contribution in [0.2, 0.25) is 0 Å². The first-order valence-electron chi connectivity index (χ1n) is 10.8. The molecule has 4 heterocycles. The molecule has 0 spiro atoms. The summed E-state index contributed by atoms with van der Waals surface area (Å²) in [4.78, 5) is 52.8. The minimum absolute atomic E-state index is 0.00963. The van der Waals surface area contributed by atoms with Crippen molar-refractivity contribution in [2.45, 2.75) is 19.4 Å². The molecule has 0 bridgehead atoms. The van der Waals surface area contributed by atoms with Crippen LogP contribution in [0.5, 0.6) is 0 Å². The number of amides is 3. The van der Waals surface area contributed by atoms with E-state index in [1.165, 1.54) is 12.0 Å². The summed E-state index contributed by atoms with van der Waals surface area (Å²) in [5.74, 6) is -1.27. The van der Waals surface area contributed by atoms with Crippen LogP contribution in [0, 0.1) is 17.1 Å². The number of aromatic nitrogens is 2. The molecule has 0 aromatic carbocycles. The number of nitriles is 1. The first-order valence-corrected chi connectivity index (χ1v) is 10.8. The Morgan fingerprint density at radius 1 is 1.43 bits per heavy atom. The molecule has 12 nitrogen and oxygen atoms in total. The Balaban J connectivity index is 1.60. The molecular weight excluding hydrogens is 461 g/mol. The van der Waals surface area contributed by atoms with Gasteiger partial charge in [0, 0.05) is 31.4 Å². The van der Waals surface area contributed by atoms with E-state index < -0.39 is 17.7 Å². The first-order chi connectivity index (χ1) is 17.0. The molecule has 2 aromatic rings. The number of rotatable bonds is 6. The van der Waals surface area contributed by atoms with Gasteiger partial charge >= 0.3 is 6.03 Å². The van der Waals surface area contributed by atoms with Crippen LogP contribution in [-0.2, 0) is 27.3 Å². The van der Waals surface area contributed by atoms with Gasteiger partial charge in [0.1, 0.15) is 29.9 Å². The summed E-state index contributed by atoms with van der Waals surface area (Å²) in [5.41, 5.74) is 3.32. The second-order valence-corrected chi connectivity index (χ2v) is 7.81. The third kappa shape index (κ3) is 4.88.